The van der Waals surface area contributed by atoms with Crippen LogP contribution >= 0.6 is 0 Å². The van der Waals surface area contributed by atoms with Crippen LogP contribution in [-0.4, -0.2) is 26.2 Å². The Morgan fingerprint density at radius 3 is 2.29 bits per heavy atom. The first-order chi connectivity index (χ1) is 11.4. The van der Waals surface area contributed by atoms with Crippen LogP contribution in [0.3, 0.4) is 0 Å². The van der Waals surface area contributed by atoms with Crippen molar-refractivity contribution in [3.8, 4) is 17.2 Å². The first-order valence-corrected chi connectivity index (χ1v) is 7.71. The van der Waals surface area contributed by atoms with Gasteiger partial charge in [-0.15, -0.1) is 0 Å². The first-order valence-electron chi connectivity index (χ1n) is 7.71. The molecule has 0 radical (unpaired) electrons. The Kier molecular flexibility index (Phi) is 5.68. The highest BCUT2D eigenvalue weighted by molar-refractivity contribution is 5.94. The van der Waals surface area contributed by atoms with Crippen LogP contribution in [0.4, 0.5) is 5.69 Å². The van der Waals surface area contributed by atoms with Crippen LogP contribution in [0.5, 0.6) is 17.2 Å². The number of benzene rings is 2. The molecule has 2 rings (SSSR count). The molecule has 0 fully saturated rings. The van der Waals surface area contributed by atoms with Gasteiger partial charge in [0.25, 0.3) is 5.91 Å². The maximum Gasteiger partial charge on any atom is 0.265 e. The van der Waals surface area contributed by atoms with Gasteiger partial charge in [-0.1, -0.05) is 6.07 Å². The van der Waals surface area contributed by atoms with E-state index in [1.165, 1.54) is 5.56 Å². The molecule has 1 atom stereocenters. The summed E-state index contributed by atoms with van der Waals surface area (Å²) in [6.07, 6.45) is -0.625. The van der Waals surface area contributed by atoms with Crippen LogP contribution in [0.25, 0.3) is 0 Å². The zero-order chi connectivity index (χ0) is 17.7. The fraction of sp³-hybridized carbons (Fsp3) is 0.316. The lowest BCUT2D eigenvalue weighted by Gasteiger charge is -2.16. The number of nitrogens with one attached hydrogen (secondary N) is 1. The number of aryl methyl sites for hydroxylation is 2. The molecular formula is C19H23NO4. The van der Waals surface area contributed by atoms with Gasteiger partial charge in [0.05, 0.1) is 14.2 Å². The SMILES string of the molecule is COc1ccc(NC(=O)[C@@H](C)Oc2ccc(C)c(C)c2)cc1OC. The van der Waals surface area contributed by atoms with E-state index in [4.69, 9.17) is 14.2 Å². The van der Waals surface area contributed by atoms with Crippen molar-refractivity contribution in [2.75, 3.05) is 19.5 Å². The number of methoxy groups -OCH3 is 2. The van der Waals surface area contributed by atoms with Gasteiger partial charge < -0.3 is 19.5 Å². The summed E-state index contributed by atoms with van der Waals surface area (Å²) in [5.41, 5.74) is 2.93. The first kappa shape index (κ1) is 17.7. The number of carbonyl (C=O) groups excluding carboxylic acids is 1. The summed E-state index contributed by atoms with van der Waals surface area (Å²) in [5, 5.41) is 2.81. The second-order valence-electron chi connectivity index (χ2n) is 5.57. The Hall–Kier alpha value is -2.69. The number of hydrogen-bond acceptors (Lipinski definition) is 4. The highest BCUT2D eigenvalue weighted by Gasteiger charge is 2.16. The molecule has 0 aliphatic rings. The fourth-order valence-electron chi connectivity index (χ4n) is 2.20. The molecule has 0 unspecified atom stereocenters. The van der Waals surface area contributed by atoms with Gasteiger partial charge in [-0.25, -0.2) is 0 Å². The van der Waals surface area contributed by atoms with Gasteiger partial charge >= 0.3 is 0 Å². The maximum atomic E-state index is 12.3. The van der Waals surface area contributed by atoms with Crippen molar-refractivity contribution in [3.63, 3.8) is 0 Å². The predicted molar refractivity (Wildman–Crippen MR) is 94.2 cm³/mol. The predicted octanol–water partition coefficient (Wildman–Crippen LogP) is 3.73. The van der Waals surface area contributed by atoms with Crippen molar-refractivity contribution in [1.29, 1.82) is 0 Å². The van der Waals surface area contributed by atoms with Crippen LogP contribution < -0.4 is 19.5 Å². The third kappa shape index (κ3) is 4.19. The summed E-state index contributed by atoms with van der Waals surface area (Å²) in [7, 11) is 3.12. The highest BCUT2D eigenvalue weighted by Crippen LogP contribution is 2.29. The van der Waals surface area contributed by atoms with E-state index in [0.29, 0.717) is 22.9 Å². The van der Waals surface area contributed by atoms with Crippen LogP contribution in [0.2, 0.25) is 0 Å². The zero-order valence-corrected chi connectivity index (χ0v) is 14.7. The highest BCUT2D eigenvalue weighted by atomic mass is 16.5. The quantitative estimate of drug-likeness (QED) is 0.877. The molecule has 2 aromatic rings. The van der Waals surface area contributed by atoms with E-state index in [9.17, 15) is 4.79 Å². The maximum absolute atomic E-state index is 12.3. The molecule has 24 heavy (non-hydrogen) atoms. The van der Waals surface area contributed by atoms with E-state index in [1.54, 1.807) is 39.3 Å². The standard InChI is InChI=1S/C19H23NO4/c1-12-6-8-16(10-13(12)2)24-14(3)19(21)20-15-7-9-17(22-4)18(11-15)23-5/h6-11,14H,1-5H3,(H,20,21)/t14-/m1/s1. The molecule has 0 spiro atoms. The number of ether oxygens (including phenoxy) is 3. The molecule has 2 aromatic carbocycles. The van der Waals surface area contributed by atoms with Crippen molar-refractivity contribution >= 4 is 11.6 Å². The molecule has 0 saturated carbocycles. The van der Waals surface area contributed by atoms with Gasteiger partial charge in [0, 0.05) is 11.8 Å². The van der Waals surface area contributed by atoms with Gasteiger partial charge in [-0.05, 0) is 56.2 Å². The lowest BCUT2D eigenvalue weighted by molar-refractivity contribution is -0.122. The molecule has 0 aliphatic heterocycles. The monoisotopic (exact) mass is 329 g/mol. The topological polar surface area (TPSA) is 56.8 Å². The van der Waals surface area contributed by atoms with E-state index < -0.39 is 6.10 Å². The Morgan fingerprint density at radius 2 is 1.67 bits per heavy atom. The van der Waals surface area contributed by atoms with Crippen molar-refractivity contribution in [2.24, 2.45) is 0 Å². The Bertz CT molecular complexity index is 727. The zero-order valence-electron chi connectivity index (χ0n) is 14.7. The summed E-state index contributed by atoms with van der Waals surface area (Å²) < 4.78 is 16.1. The van der Waals surface area contributed by atoms with Crippen LogP contribution in [0, 0.1) is 13.8 Å². The molecule has 0 saturated heterocycles. The van der Waals surface area contributed by atoms with E-state index in [2.05, 4.69) is 5.32 Å². The number of amides is 1. The molecule has 5 nitrogen and oxygen atoms in total. The van der Waals surface area contributed by atoms with Gasteiger partial charge in [-0.2, -0.15) is 0 Å². The van der Waals surface area contributed by atoms with Gasteiger partial charge in [0.1, 0.15) is 5.75 Å². The third-order valence-electron chi connectivity index (χ3n) is 3.81. The molecule has 0 aliphatic carbocycles. The molecular weight excluding hydrogens is 306 g/mol. The number of rotatable bonds is 6. The van der Waals surface area contributed by atoms with E-state index in [-0.39, 0.29) is 5.91 Å². The van der Waals surface area contributed by atoms with Crippen molar-refractivity contribution in [1.82, 2.24) is 0 Å². The molecule has 0 aromatic heterocycles. The third-order valence-corrected chi connectivity index (χ3v) is 3.81. The van der Waals surface area contributed by atoms with Gasteiger partial charge in [-0.3, -0.25) is 4.79 Å². The van der Waals surface area contributed by atoms with E-state index in [1.807, 2.05) is 32.0 Å². The Balaban J connectivity index is 2.04. The van der Waals surface area contributed by atoms with Crippen LogP contribution in [-0.2, 0) is 4.79 Å². The van der Waals surface area contributed by atoms with Crippen molar-refractivity contribution in [3.05, 3.63) is 47.5 Å². The molecule has 0 heterocycles. The minimum absolute atomic E-state index is 0.236. The lowest BCUT2D eigenvalue weighted by Crippen LogP contribution is -2.30. The van der Waals surface area contributed by atoms with Crippen molar-refractivity contribution in [2.45, 2.75) is 26.9 Å². The number of carbonyl (C=O) groups is 1. The van der Waals surface area contributed by atoms with Crippen LogP contribution in [0.15, 0.2) is 36.4 Å². The Labute approximate surface area is 142 Å². The average Bonchev–Trinajstić information content (AvgIpc) is 2.57. The molecule has 1 amide bonds. The second kappa shape index (κ2) is 7.73. The van der Waals surface area contributed by atoms with E-state index in [0.717, 1.165) is 5.56 Å². The van der Waals surface area contributed by atoms with E-state index >= 15 is 0 Å². The van der Waals surface area contributed by atoms with Gasteiger partial charge in [0.2, 0.25) is 0 Å². The second-order valence-corrected chi connectivity index (χ2v) is 5.57. The number of anilines is 1. The smallest absolute Gasteiger partial charge is 0.265 e. The minimum atomic E-state index is -0.625. The van der Waals surface area contributed by atoms with Gasteiger partial charge in [0.15, 0.2) is 17.6 Å². The van der Waals surface area contributed by atoms with Crippen molar-refractivity contribution < 1.29 is 19.0 Å². The normalized spacial score (nSPS) is 11.5. The summed E-state index contributed by atoms with van der Waals surface area (Å²) in [5.74, 6) is 1.60. The largest absolute Gasteiger partial charge is 0.493 e. The molecule has 5 heteroatoms. The fourth-order valence-corrected chi connectivity index (χ4v) is 2.20. The minimum Gasteiger partial charge on any atom is -0.493 e. The molecule has 128 valence electrons. The summed E-state index contributed by atoms with van der Waals surface area (Å²) in [6.45, 7) is 5.76. The average molecular weight is 329 g/mol. The molecule has 0 bridgehead atoms. The van der Waals surface area contributed by atoms with Crippen LogP contribution in [0.1, 0.15) is 18.1 Å². The summed E-state index contributed by atoms with van der Waals surface area (Å²) in [6, 6.07) is 11.0. The summed E-state index contributed by atoms with van der Waals surface area (Å²) in [4.78, 5) is 12.3. The molecule has 1 N–H and O–H groups in total. The number of hydrogen-bond donors (Lipinski definition) is 1. The summed E-state index contributed by atoms with van der Waals surface area (Å²) >= 11 is 0. The Morgan fingerprint density at radius 1 is 0.958 bits per heavy atom. The lowest BCUT2D eigenvalue weighted by atomic mass is 10.1.